The van der Waals surface area contributed by atoms with Gasteiger partial charge in [-0.3, -0.25) is 10.1 Å². The van der Waals surface area contributed by atoms with Gasteiger partial charge in [-0.2, -0.15) is 0 Å². The molecule has 2 aliphatic heterocycles. The van der Waals surface area contributed by atoms with E-state index in [9.17, 15) is 10.1 Å². The van der Waals surface area contributed by atoms with Crippen LogP contribution in [0.5, 0.6) is 0 Å². The van der Waals surface area contributed by atoms with Crippen molar-refractivity contribution in [2.24, 2.45) is 0 Å². The lowest BCUT2D eigenvalue weighted by atomic mass is 10.1. The molecule has 0 saturated heterocycles. The third kappa shape index (κ3) is 3.51. The summed E-state index contributed by atoms with van der Waals surface area (Å²) in [6.07, 6.45) is 7.56. The normalized spacial score (nSPS) is 12.2. The number of hydrogen-bond acceptors (Lipinski definition) is 4. The van der Waals surface area contributed by atoms with Crippen molar-refractivity contribution < 1.29 is 4.92 Å². The number of rotatable bonds is 2. The van der Waals surface area contributed by atoms with E-state index in [1.807, 2.05) is 85.0 Å². The van der Waals surface area contributed by atoms with Crippen LogP contribution in [0.25, 0.3) is 57.5 Å². The Labute approximate surface area is 188 Å². The highest BCUT2D eigenvalue weighted by Crippen LogP contribution is 2.38. The van der Waals surface area contributed by atoms with E-state index in [-0.39, 0.29) is 10.6 Å². The second kappa shape index (κ2) is 7.42. The predicted molar refractivity (Wildman–Crippen MR) is 131 cm³/mol. The summed E-state index contributed by atoms with van der Waals surface area (Å²) in [7, 11) is 0. The van der Waals surface area contributed by atoms with E-state index in [0.29, 0.717) is 28.0 Å². The summed E-state index contributed by atoms with van der Waals surface area (Å²) in [4.78, 5) is 27.7. The number of aromatic nitrogens is 4. The summed E-state index contributed by atoms with van der Waals surface area (Å²) >= 11 is 0. The van der Waals surface area contributed by atoms with Gasteiger partial charge in [-0.25, -0.2) is 9.97 Å². The lowest BCUT2D eigenvalue weighted by Crippen LogP contribution is -1.89. The number of hydrogen-bond donors (Lipinski definition) is 2. The smallest absolute Gasteiger partial charge is 0.302 e. The minimum absolute atomic E-state index is 0.0113. The van der Waals surface area contributed by atoms with Crippen LogP contribution in [-0.4, -0.2) is 24.9 Å². The largest absolute Gasteiger partial charge is 0.355 e. The van der Waals surface area contributed by atoms with Crippen LogP contribution in [0.15, 0.2) is 66.7 Å². The zero-order valence-electron chi connectivity index (χ0n) is 17.3. The molecule has 2 N–H and O–H groups in total. The second-order valence-electron chi connectivity index (χ2n) is 7.84. The molecule has 4 aromatic rings. The lowest BCUT2D eigenvalue weighted by molar-refractivity contribution is -0.382. The van der Waals surface area contributed by atoms with Crippen LogP contribution in [0, 0.1) is 10.1 Å². The van der Waals surface area contributed by atoms with Crippen LogP contribution in [0.3, 0.4) is 0 Å². The highest BCUT2D eigenvalue weighted by atomic mass is 16.6. The van der Waals surface area contributed by atoms with Gasteiger partial charge in [0, 0.05) is 11.0 Å². The highest BCUT2D eigenvalue weighted by Gasteiger charge is 2.23. The molecule has 3 aromatic heterocycles. The quantitative estimate of drug-likeness (QED) is 0.251. The van der Waals surface area contributed by atoms with Gasteiger partial charge in [-0.15, -0.1) is 0 Å². The van der Waals surface area contributed by atoms with E-state index < -0.39 is 0 Å². The topological polar surface area (TPSA) is 100 Å². The molecule has 33 heavy (non-hydrogen) atoms. The molecule has 1 aromatic carbocycles. The summed E-state index contributed by atoms with van der Waals surface area (Å²) in [5.74, 6) is 0. The number of aromatic amines is 2. The predicted octanol–water partition coefficient (Wildman–Crippen LogP) is 6.23. The molecule has 0 spiro atoms. The van der Waals surface area contributed by atoms with Crippen molar-refractivity contribution in [3.8, 4) is 11.1 Å². The molecule has 158 valence electrons. The molecule has 0 atom stereocenters. The Hall–Kier alpha value is -4.78. The van der Waals surface area contributed by atoms with Crippen LogP contribution in [0.4, 0.5) is 5.69 Å². The molecule has 0 saturated carbocycles. The maximum absolute atomic E-state index is 12.2. The van der Waals surface area contributed by atoms with Gasteiger partial charge in [-0.1, -0.05) is 30.3 Å². The first-order valence-corrected chi connectivity index (χ1v) is 10.4. The van der Waals surface area contributed by atoms with E-state index in [1.165, 1.54) is 0 Å². The first kappa shape index (κ1) is 18.9. The van der Waals surface area contributed by atoms with Gasteiger partial charge >= 0.3 is 5.69 Å². The van der Waals surface area contributed by atoms with E-state index in [0.717, 1.165) is 28.0 Å². The second-order valence-corrected chi connectivity index (χ2v) is 7.84. The third-order valence-electron chi connectivity index (χ3n) is 5.56. The summed E-state index contributed by atoms with van der Waals surface area (Å²) in [5, 5.41) is 12.2. The number of nitro groups is 1. The van der Waals surface area contributed by atoms with Crippen LogP contribution in [0.2, 0.25) is 0 Å². The van der Waals surface area contributed by atoms with E-state index in [1.54, 1.807) is 6.07 Å². The molecule has 0 fully saturated rings. The number of nitrogens with zero attached hydrogens (tertiary/aromatic N) is 3. The summed E-state index contributed by atoms with van der Waals surface area (Å²) in [6.45, 7) is 0. The van der Waals surface area contributed by atoms with Gasteiger partial charge in [0.25, 0.3) is 0 Å². The van der Waals surface area contributed by atoms with Crippen molar-refractivity contribution in [3.63, 3.8) is 0 Å². The van der Waals surface area contributed by atoms with Crippen molar-refractivity contribution in [1.29, 1.82) is 0 Å². The minimum atomic E-state index is -0.343. The first-order chi connectivity index (χ1) is 16.1. The van der Waals surface area contributed by atoms with Crippen molar-refractivity contribution in [2.45, 2.75) is 0 Å². The first-order valence-electron chi connectivity index (χ1n) is 10.4. The van der Waals surface area contributed by atoms with Crippen molar-refractivity contribution in [1.82, 2.24) is 19.9 Å². The van der Waals surface area contributed by atoms with Gasteiger partial charge in [0.15, 0.2) is 0 Å². The standard InChI is InChI=1S/C26H17N5O2/c32-31(33)26-24-15-22-11-9-20(29-22)13-18-7-6-17(27-18)12-19-8-10-21(28-19)14-23(30-24)25(26)16-4-2-1-3-5-16/h1-15,27,30H. The summed E-state index contributed by atoms with van der Waals surface area (Å²) in [5.41, 5.74) is 7.05. The van der Waals surface area contributed by atoms with Crippen molar-refractivity contribution in [3.05, 3.63) is 99.6 Å². The van der Waals surface area contributed by atoms with Crippen LogP contribution < -0.4 is 0 Å². The number of nitrogens with one attached hydrogen (secondary N) is 2. The van der Waals surface area contributed by atoms with Gasteiger partial charge in [0.2, 0.25) is 0 Å². The molecule has 7 heteroatoms. The average molecular weight is 431 g/mol. The van der Waals surface area contributed by atoms with Gasteiger partial charge < -0.3 is 9.97 Å². The Morgan fingerprint density at radius 2 is 1.21 bits per heavy atom. The van der Waals surface area contributed by atoms with Crippen LogP contribution in [0.1, 0.15) is 22.8 Å². The molecule has 0 amide bonds. The zero-order chi connectivity index (χ0) is 22.4. The van der Waals surface area contributed by atoms with E-state index in [2.05, 4.69) is 19.9 Å². The monoisotopic (exact) mass is 431 g/mol. The molecular formula is C26H17N5O2. The average Bonchev–Trinajstić information content (AvgIpc) is 3.58. The lowest BCUT2D eigenvalue weighted by Gasteiger charge is -1.99. The fraction of sp³-hybridized carbons (Fsp3) is 0. The molecule has 0 radical (unpaired) electrons. The van der Waals surface area contributed by atoms with Gasteiger partial charge in [-0.05, 0) is 66.3 Å². The summed E-state index contributed by atoms with van der Waals surface area (Å²) in [6, 6.07) is 20.8. The van der Waals surface area contributed by atoms with E-state index >= 15 is 0 Å². The minimum Gasteiger partial charge on any atom is -0.355 e. The number of H-pyrrole nitrogens is 2. The van der Waals surface area contributed by atoms with Gasteiger partial charge in [0.05, 0.1) is 38.8 Å². The SMILES string of the molecule is O=[N+]([O-])c1c(-c2ccccc2)c2cc3nc(cc4ccc(cc5nc(cc1[nH]2)C=C5)[nH]4)C=C3. The number of fused-ring (bicyclic) bond motifs is 8. The van der Waals surface area contributed by atoms with Gasteiger partial charge in [0.1, 0.15) is 5.52 Å². The highest BCUT2D eigenvalue weighted by molar-refractivity contribution is 5.97. The van der Waals surface area contributed by atoms with E-state index in [4.69, 9.17) is 0 Å². The Balaban J connectivity index is 1.76. The maximum Gasteiger partial charge on any atom is 0.302 e. The molecule has 6 rings (SSSR count). The molecule has 2 aliphatic rings. The summed E-state index contributed by atoms with van der Waals surface area (Å²) < 4.78 is 0. The molecule has 5 heterocycles. The van der Waals surface area contributed by atoms with Crippen LogP contribution >= 0.6 is 0 Å². The third-order valence-corrected chi connectivity index (χ3v) is 5.56. The Morgan fingerprint density at radius 1 is 0.667 bits per heavy atom. The van der Waals surface area contributed by atoms with Crippen LogP contribution in [-0.2, 0) is 0 Å². The Bertz CT molecular complexity index is 1640. The molecular weight excluding hydrogens is 414 g/mol. The van der Waals surface area contributed by atoms with Crippen molar-refractivity contribution in [2.75, 3.05) is 0 Å². The zero-order valence-corrected chi connectivity index (χ0v) is 17.3. The fourth-order valence-electron chi connectivity index (χ4n) is 4.15. The maximum atomic E-state index is 12.2. The number of benzene rings is 1. The Morgan fingerprint density at radius 3 is 1.79 bits per heavy atom. The molecule has 7 nitrogen and oxygen atoms in total. The molecule has 0 aliphatic carbocycles. The fourth-order valence-corrected chi connectivity index (χ4v) is 4.15. The Kier molecular flexibility index (Phi) is 4.26. The molecule has 0 unspecified atom stereocenters. The van der Waals surface area contributed by atoms with Crippen molar-refractivity contribution >= 4 is 52.1 Å². The molecule has 8 bridgehead atoms.